The highest BCUT2D eigenvalue weighted by Gasteiger charge is 2.13. The molecule has 5 heteroatoms. The summed E-state index contributed by atoms with van der Waals surface area (Å²) in [4.78, 5) is 15.9. The fourth-order valence-corrected chi connectivity index (χ4v) is 2.05. The van der Waals surface area contributed by atoms with Crippen molar-refractivity contribution in [2.24, 2.45) is 0 Å². The van der Waals surface area contributed by atoms with E-state index >= 15 is 0 Å². The van der Waals surface area contributed by atoms with Crippen LogP contribution < -0.4 is 5.32 Å². The minimum atomic E-state index is -0.132. The van der Waals surface area contributed by atoms with Gasteiger partial charge in [-0.25, -0.2) is 4.98 Å². The lowest BCUT2D eigenvalue weighted by molar-refractivity contribution is -0.120. The maximum Gasteiger partial charge on any atom is 0.233 e. The van der Waals surface area contributed by atoms with Crippen LogP contribution in [0, 0.1) is 0 Å². The third-order valence-electron chi connectivity index (χ3n) is 2.13. The van der Waals surface area contributed by atoms with Crippen molar-refractivity contribution < 1.29 is 9.53 Å². The molecule has 1 aromatic rings. The summed E-state index contributed by atoms with van der Waals surface area (Å²) in [5, 5.41) is 3.61. The number of carbonyl (C=O) groups excluding carboxylic acids is 1. The smallest absolute Gasteiger partial charge is 0.233 e. The van der Waals surface area contributed by atoms with Crippen LogP contribution in [0.2, 0.25) is 0 Å². The Bertz CT molecular complexity index is 333. The molecule has 1 aromatic heterocycles. The van der Waals surface area contributed by atoms with Crippen molar-refractivity contribution in [1.29, 1.82) is 0 Å². The van der Waals surface area contributed by atoms with Crippen molar-refractivity contribution in [2.45, 2.75) is 23.6 Å². The topological polar surface area (TPSA) is 51.2 Å². The van der Waals surface area contributed by atoms with Gasteiger partial charge in [-0.15, -0.1) is 0 Å². The number of ether oxygens (including phenoxy) is 1. The summed E-state index contributed by atoms with van der Waals surface area (Å²) in [6, 6.07) is 5.68. The van der Waals surface area contributed by atoms with E-state index in [0.29, 0.717) is 13.2 Å². The van der Waals surface area contributed by atoms with E-state index in [1.807, 2.05) is 25.1 Å². The number of hydrogen-bond acceptors (Lipinski definition) is 4. The molecule has 0 aliphatic rings. The Morgan fingerprint density at radius 1 is 1.59 bits per heavy atom. The molecule has 0 bridgehead atoms. The molecule has 0 aliphatic heterocycles. The van der Waals surface area contributed by atoms with Gasteiger partial charge in [0.25, 0.3) is 0 Å². The zero-order valence-electron chi connectivity index (χ0n) is 10.2. The van der Waals surface area contributed by atoms with Gasteiger partial charge in [-0.05, 0) is 25.5 Å². The molecule has 0 aromatic carbocycles. The first-order valence-electron chi connectivity index (χ1n) is 5.58. The minimum Gasteiger partial charge on any atom is -0.385 e. The second-order valence-electron chi connectivity index (χ2n) is 3.57. The van der Waals surface area contributed by atoms with Crippen LogP contribution in [0.15, 0.2) is 29.4 Å². The summed E-state index contributed by atoms with van der Waals surface area (Å²) >= 11 is 1.46. The minimum absolute atomic E-state index is 0.0387. The monoisotopic (exact) mass is 254 g/mol. The molecular weight excluding hydrogens is 236 g/mol. The van der Waals surface area contributed by atoms with Crippen molar-refractivity contribution >= 4 is 17.7 Å². The highest BCUT2D eigenvalue weighted by molar-refractivity contribution is 8.00. The molecule has 94 valence electrons. The van der Waals surface area contributed by atoms with Crippen molar-refractivity contribution in [1.82, 2.24) is 10.3 Å². The summed E-state index contributed by atoms with van der Waals surface area (Å²) in [5.74, 6) is 0.0387. The molecule has 1 heterocycles. The van der Waals surface area contributed by atoms with Crippen molar-refractivity contribution in [3.8, 4) is 0 Å². The van der Waals surface area contributed by atoms with Gasteiger partial charge in [-0.3, -0.25) is 4.79 Å². The van der Waals surface area contributed by atoms with Gasteiger partial charge in [0.2, 0.25) is 5.91 Å². The van der Waals surface area contributed by atoms with Crippen molar-refractivity contribution in [3.63, 3.8) is 0 Å². The molecule has 0 saturated carbocycles. The molecule has 17 heavy (non-hydrogen) atoms. The summed E-state index contributed by atoms with van der Waals surface area (Å²) in [6.07, 6.45) is 2.56. The third-order valence-corrected chi connectivity index (χ3v) is 3.18. The standard InChI is InChI=1S/C12H18N2O2S/c1-10(12(15)14-8-5-9-16-2)17-11-6-3-4-7-13-11/h3-4,6-7,10H,5,8-9H2,1-2H3,(H,14,15). The van der Waals surface area contributed by atoms with Gasteiger partial charge in [0.05, 0.1) is 10.3 Å². The molecule has 0 spiro atoms. The molecule has 0 radical (unpaired) electrons. The number of hydrogen-bond donors (Lipinski definition) is 1. The van der Waals surface area contributed by atoms with E-state index in [0.717, 1.165) is 11.4 Å². The van der Waals surface area contributed by atoms with Crippen molar-refractivity contribution in [2.75, 3.05) is 20.3 Å². The SMILES string of the molecule is COCCCNC(=O)C(C)Sc1ccccn1. The number of nitrogens with one attached hydrogen (secondary N) is 1. The van der Waals surface area contributed by atoms with Crippen LogP contribution in [0.25, 0.3) is 0 Å². The number of methoxy groups -OCH3 is 1. The first-order valence-corrected chi connectivity index (χ1v) is 6.46. The summed E-state index contributed by atoms with van der Waals surface area (Å²) in [6.45, 7) is 3.20. The van der Waals surface area contributed by atoms with E-state index in [1.54, 1.807) is 13.3 Å². The normalized spacial score (nSPS) is 12.1. The Balaban J connectivity index is 2.27. The van der Waals surface area contributed by atoms with Crippen LogP contribution in [0.3, 0.4) is 0 Å². The van der Waals surface area contributed by atoms with Gasteiger partial charge in [0.15, 0.2) is 0 Å². The zero-order chi connectivity index (χ0) is 12.5. The molecule has 1 amide bonds. The summed E-state index contributed by atoms with van der Waals surface area (Å²) in [7, 11) is 1.65. The molecular formula is C12H18N2O2S. The van der Waals surface area contributed by atoms with Crippen LogP contribution in [0.4, 0.5) is 0 Å². The van der Waals surface area contributed by atoms with E-state index in [1.165, 1.54) is 11.8 Å². The van der Waals surface area contributed by atoms with Crippen LogP contribution in [0.5, 0.6) is 0 Å². The fourth-order valence-electron chi connectivity index (χ4n) is 1.22. The van der Waals surface area contributed by atoms with Gasteiger partial charge >= 0.3 is 0 Å². The molecule has 0 saturated heterocycles. The Labute approximate surface area is 106 Å². The highest BCUT2D eigenvalue weighted by atomic mass is 32.2. The lowest BCUT2D eigenvalue weighted by atomic mass is 10.4. The maximum atomic E-state index is 11.7. The van der Waals surface area contributed by atoms with E-state index in [4.69, 9.17) is 4.74 Å². The second-order valence-corrected chi connectivity index (χ2v) is 4.93. The van der Waals surface area contributed by atoms with E-state index in [9.17, 15) is 4.79 Å². The lowest BCUT2D eigenvalue weighted by Crippen LogP contribution is -2.32. The van der Waals surface area contributed by atoms with Gasteiger partial charge in [-0.2, -0.15) is 0 Å². The predicted molar refractivity (Wildman–Crippen MR) is 69.1 cm³/mol. The third kappa shape index (κ3) is 5.70. The van der Waals surface area contributed by atoms with Gasteiger partial charge in [0, 0.05) is 26.5 Å². The Morgan fingerprint density at radius 3 is 3.06 bits per heavy atom. The van der Waals surface area contributed by atoms with Gasteiger partial charge in [-0.1, -0.05) is 17.8 Å². The molecule has 4 nitrogen and oxygen atoms in total. The number of carbonyl (C=O) groups is 1. The average molecular weight is 254 g/mol. The number of amides is 1. The lowest BCUT2D eigenvalue weighted by Gasteiger charge is -2.11. The number of aromatic nitrogens is 1. The number of pyridine rings is 1. The molecule has 0 fully saturated rings. The second kappa shape index (κ2) is 8.08. The van der Waals surface area contributed by atoms with E-state index in [2.05, 4.69) is 10.3 Å². The Hall–Kier alpha value is -1.07. The largest absolute Gasteiger partial charge is 0.385 e. The predicted octanol–water partition coefficient (Wildman–Crippen LogP) is 1.71. The first-order chi connectivity index (χ1) is 8.24. The Morgan fingerprint density at radius 2 is 2.41 bits per heavy atom. The van der Waals surface area contributed by atoms with Gasteiger partial charge in [0.1, 0.15) is 0 Å². The zero-order valence-corrected chi connectivity index (χ0v) is 11.0. The maximum absolute atomic E-state index is 11.7. The van der Waals surface area contributed by atoms with Gasteiger partial charge < -0.3 is 10.1 Å². The number of thioether (sulfide) groups is 1. The van der Waals surface area contributed by atoms with Crippen LogP contribution in [0.1, 0.15) is 13.3 Å². The molecule has 0 aliphatic carbocycles. The quantitative estimate of drug-likeness (QED) is 0.594. The van der Waals surface area contributed by atoms with Crippen molar-refractivity contribution in [3.05, 3.63) is 24.4 Å². The fraction of sp³-hybridized carbons (Fsp3) is 0.500. The van der Waals surface area contributed by atoms with Crippen LogP contribution >= 0.6 is 11.8 Å². The van der Waals surface area contributed by atoms with E-state index in [-0.39, 0.29) is 11.2 Å². The molecule has 1 N–H and O–H groups in total. The van der Waals surface area contributed by atoms with Crippen LogP contribution in [-0.2, 0) is 9.53 Å². The molecule has 1 unspecified atom stereocenters. The molecule has 1 atom stereocenters. The average Bonchev–Trinajstić information content (AvgIpc) is 2.35. The number of nitrogens with zero attached hydrogens (tertiary/aromatic N) is 1. The summed E-state index contributed by atoms with van der Waals surface area (Å²) < 4.78 is 4.91. The summed E-state index contributed by atoms with van der Waals surface area (Å²) in [5.41, 5.74) is 0. The van der Waals surface area contributed by atoms with Crippen LogP contribution in [-0.4, -0.2) is 36.4 Å². The Kier molecular flexibility index (Phi) is 6.65. The first kappa shape index (κ1) is 14.0. The molecule has 1 rings (SSSR count). The number of rotatable bonds is 7. The van der Waals surface area contributed by atoms with E-state index < -0.39 is 0 Å². The highest BCUT2D eigenvalue weighted by Crippen LogP contribution is 2.20.